The molecule has 1 unspecified atom stereocenters. The smallest absolute Gasteiger partial charge is 0.300 e. The molecule has 8 heteroatoms. The van der Waals surface area contributed by atoms with Crippen LogP contribution < -0.4 is 0 Å². The minimum absolute atomic E-state index is 0. The van der Waals surface area contributed by atoms with E-state index in [1.54, 1.807) is 6.92 Å². The van der Waals surface area contributed by atoms with Gasteiger partial charge in [-0.15, -0.1) is 0 Å². The summed E-state index contributed by atoms with van der Waals surface area (Å²) in [6.45, 7) is 5.13. The van der Waals surface area contributed by atoms with Gasteiger partial charge in [0, 0.05) is 29.6 Å². The van der Waals surface area contributed by atoms with Gasteiger partial charge in [-0.1, -0.05) is 11.0 Å². The summed E-state index contributed by atoms with van der Waals surface area (Å²) in [5.74, 6) is -0.526. The van der Waals surface area contributed by atoms with E-state index in [9.17, 15) is 12.9 Å². The standard InChI is InChI=1S/C7H13FO5S.Na/c1-3-11-6-7(2)12-4-5-14(9,10)13-8;/h3,7H,1,4-6H2,2H3;. The molecular weight excluding hydrogens is 238 g/mol. The zero-order valence-corrected chi connectivity index (χ0v) is 11.6. The quantitative estimate of drug-likeness (QED) is 0.461. The van der Waals surface area contributed by atoms with E-state index in [0.717, 1.165) is 0 Å². The molecule has 5 nitrogen and oxygen atoms in total. The Kier molecular flexibility index (Phi) is 11.3. The van der Waals surface area contributed by atoms with Crippen molar-refractivity contribution in [1.29, 1.82) is 0 Å². The molecule has 0 saturated carbocycles. The van der Waals surface area contributed by atoms with Gasteiger partial charge >= 0.3 is 0 Å². The summed E-state index contributed by atoms with van der Waals surface area (Å²) in [5.41, 5.74) is 0. The Morgan fingerprint density at radius 2 is 2.13 bits per heavy atom. The topological polar surface area (TPSA) is 61.8 Å². The fourth-order valence-electron chi connectivity index (χ4n) is 0.635. The van der Waals surface area contributed by atoms with Gasteiger partial charge in [-0.3, -0.25) is 0 Å². The van der Waals surface area contributed by atoms with E-state index in [1.807, 2.05) is 0 Å². The van der Waals surface area contributed by atoms with Gasteiger partial charge in [0.1, 0.15) is 12.4 Å². The monoisotopic (exact) mass is 251 g/mol. The second kappa shape index (κ2) is 9.56. The van der Waals surface area contributed by atoms with Crippen molar-refractivity contribution in [2.75, 3.05) is 19.0 Å². The average Bonchev–Trinajstić information content (AvgIpc) is 2.14. The van der Waals surface area contributed by atoms with Crippen molar-refractivity contribution in [3.63, 3.8) is 0 Å². The summed E-state index contributed by atoms with van der Waals surface area (Å²) in [7, 11) is -4.09. The Balaban J connectivity index is 0. The van der Waals surface area contributed by atoms with Crippen LogP contribution in [0.2, 0.25) is 0 Å². The van der Waals surface area contributed by atoms with Crippen LogP contribution in [0, 0.1) is 0 Å². The van der Waals surface area contributed by atoms with Gasteiger partial charge < -0.3 is 9.47 Å². The van der Waals surface area contributed by atoms with Crippen molar-refractivity contribution in [3.8, 4) is 0 Å². The molecule has 0 aromatic carbocycles. The Morgan fingerprint density at radius 1 is 1.53 bits per heavy atom. The molecule has 15 heavy (non-hydrogen) atoms. The molecule has 0 saturated heterocycles. The maximum atomic E-state index is 11.3. The fourth-order valence-corrected chi connectivity index (χ4v) is 0.998. The molecule has 0 amide bonds. The van der Waals surface area contributed by atoms with Crippen molar-refractivity contribution >= 4 is 39.7 Å². The number of hydrogen-bond donors (Lipinski definition) is 0. The maximum Gasteiger partial charge on any atom is 0.300 e. The van der Waals surface area contributed by atoms with Gasteiger partial charge in [-0.2, -0.15) is 8.42 Å². The van der Waals surface area contributed by atoms with Crippen LogP contribution in [-0.4, -0.2) is 63.0 Å². The predicted molar refractivity (Wildman–Crippen MR) is 53.3 cm³/mol. The van der Waals surface area contributed by atoms with Crippen molar-refractivity contribution in [3.05, 3.63) is 12.8 Å². The van der Waals surface area contributed by atoms with E-state index in [1.165, 1.54) is 6.26 Å². The van der Waals surface area contributed by atoms with E-state index in [-0.39, 0.29) is 48.9 Å². The molecule has 0 spiro atoms. The zero-order valence-electron chi connectivity index (χ0n) is 8.81. The van der Waals surface area contributed by atoms with Crippen LogP contribution in [-0.2, 0) is 24.0 Å². The molecule has 0 heterocycles. The van der Waals surface area contributed by atoms with Crippen molar-refractivity contribution in [1.82, 2.24) is 0 Å². The first-order chi connectivity index (χ1) is 6.52. The van der Waals surface area contributed by atoms with Crippen LogP contribution in [0.5, 0.6) is 0 Å². The number of hydrogen-bond acceptors (Lipinski definition) is 5. The van der Waals surface area contributed by atoms with Crippen LogP contribution in [0.1, 0.15) is 6.92 Å². The molecule has 85 valence electrons. The second-order valence-electron chi connectivity index (χ2n) is 2.51. The molecular formula is C7H13FNaO5S. The number of rotatable bonds is 8. The summed E-state index contributed by atoms with van der Waals surface area (Å²) in [4.78, 5) is 0. The first kappa shape index (κ1) is 17.7. The minimum Gasteiger partial charge on any atom is -0.499 e. The Hall–Kier alpha value is 0.340. The Morgan fingerprint density at radius 3 is 2.60 bits per heavy atom. The first-order valence-corrected chi connectivity index (χ1v) is 5.46. The molecule has 0 fully saturated rings. The summed E-state index contributed by atoms with van der Waals surface area (Å²) in [6.07, 6.45) is 0.962. The molecule has 0 aliphatic heterocycles. The SMILES string of the molecule is C=COCC(C)OCCS(=O)(=O)OF.[Na]. The summed E-state index contributed by atoms with van der Waals surface area (Å²) < 4.78 is 44.8. The average molecular weight is 251 g/mol. The van der Waals surface area contributed by atoms with Crippen LogP contribution in [0.25, 0.3) is 0 Å². The van der Waals surface area contributed by atoms with E-state index in [2.05, 4.69) is 11.0 Å². The molecule has 0 aromatic heterocycles. The largest absolute Gasteiger partial charge is 0.499 e. The van der Waals surface area contributed by atoms with Crippen LogP contribution in [0.4, 0.5) is 4.53 Å². The van der Waals surface area contributed by atoms with Gasteiger partial charge in [0.2, 0.25) is 0 Å². The van der Waals surface area contributed by atoms with E-state index >= 15 is 0 Å². The van der Waals surface area contributed by atoms with Crippen LogP contribution in [0.3, 0.4) is 0 Å². The van der Waals surface area contributed by atoms with Gasteiger partial charge in [0.05, 0.1) is 19.0 Å². The normalized spacial score (nSPS) is 12.7. The third kappa shape index (κ3) is 10.6. The van der Waals surface area contributed by atoms with Crippen molar-refractivity contribution in [2.45, 2.75) is 13.0 Å². The third-order valence-corrected chi connectivity index (χ3v) is 2.14. The molecule has 0 N–H and O–H groups in total. The van der Waals surface area contributed by atoms with Gasteiger partial charge in [-0.25, -0.2) is 0 Å². The molecule has 0 aliphatic carbocycles. The minimum atomic E-state index is -4.09. The van der Waals surface area contributed by atoms with Crippen LogP contribution >= 0.6 is 0 Å². The van der Waals surface area contributed by atoms with Crippen LogP contribution in [0.15, 0.2) is 12.8 Å². The Labute approximate surface area is 111 Å². The van der Waals surface area contributed by atoms with E-state index in [4.69, 9.17) is 9.47 Å². The molecule has 1 atom stereocenters. The summed E-state index contributed by atoms with van der Waals surface area (Å²) in [5, 5.41) is 0. The first-order valence-electron chi connectivity index (χ1n) is 3.89. The van der Waals surface area contributed by atoms with Gasteiger partial charge in [0.15, 0.2) is 0 Å². The molecule has 0 bridgehead atoms. The second-order valence-corrected chi connectivity index (χ2v) is 4.16. The molecule has 0 aliphatic rings. The number of halogens is 1. The van der Waals surface area contributed by atoms with Crippen molar-refractivity contribution in [2.24, 2.45) is 0 Å². The Bertz CT molecular complexity index is 256. The molecule has 0 rings (SSSR count). The predicted octanol–water partition coefficient (Wildman–Crippen LogP) is 0.402. The van der Waals surface area contributed by atoms with Gasteiger partial charge in [0.25, 0.3) is 10.1 Å². The van der Waals surface area contributed by atoms with Crippen molar-refractivity contribution < 1.29 is 26.8 Å². The van der Waals surface area contributed by atoms with E-state index < -0.39 is 15.9 Å². The fraction of sp³-hybridized carbons (Fsp3) is 0.714. The summed E-state index contributed by atoms with van der Waals surface area (Å²) in [6, 6.07) is 0. The summed E-state index contributed by atoms with van der Waals surface area (Å²) >= 11 is 0. The third-order valence-electron chi connectivity index (χ3n) is 1.28. The van der Waals surface area contributed by atoms with E-state index in [0.29, 0.717) is 0 Å². The number of ether oxygens (including phenoxy) is 2. The molecule has 0 aromatic rings. The zero-order chi connectivity index (χ0) is 11.0. The maximum absolute atomic E-state index is 11.3. The van der Waals surface area contributed by atoms with Gasteiger partial charge in [-0.05, 0) is 11.4 Å². The molecule has 1 radical (unpaired) electrons.